The Morgan fingerprint density at radius 3 is 2.76 bits per heavy atom. The van der Waals surface area contributed by atoms with E-state index in [0.717, 1.165) is 25.3 Å². The molecule has 0 aliphatic rings. The summed E-state index contributed by atoms with van der Waals surface area (Å²) in [5, 5.41) is 2.68. The predicted molar refractivity (Wildman–Crippen MR) is 73.4 cm³/mol. The van der Waals surface area contributed by atoms with E-state index in [1.165, 1.54) is 4.88 Å². The van der Waals surface area contributed by atoms with Crippen molar-refractivity contribution in [3.05, 3.63) is 51.4 Å². The summed E-state index contributed by atoms with van der Waals surface area (Å²) in [5.74, 6) is 0. The van der Waals surface area contributed by atoms with Crippen molar-refractivity contribution >= 4 is 22.9 Å². The standard InChI is InChI=1S/C13H15ClN2S/c1-2-16(10-12-6-4-8-17-12)9-11-5-3-7-13(14)15-11/h3-8H,2,9-10H2,1H3. The van der Waals surface area contributed by atoms with E-state index < -0.39 is 0 Å². The van der Waals surface area contributed by atoms with Gasteiger partial charge in [0.25, 0.3) is 0 Å². The van der Waals surface area contributed by atoms with Gasteiger partial charge in [0, 0.05) is 18.0 Å². The van der Waals surface area contributed by atoms with E-state index in [4.69, 9.17) is 11.6 Å². The van der Waals surface area contributed by atoms with Crippen LogP contribution in [0.3, 0.4) is 0 Å². The van der Waals surface area contributed by atoms with E-state index in [-0.39, 0.29) is 0 Å². The predicted octanol–water partition coefficient (Wildman–Crippen LogP) is 3.82. The zero-order chi connectivity index (χ0) is 12.1. The van der Waals surface area contributed by atoms with E-state index >= 15 is 0 Å². The summed E-state index contributed by atoms with van der Waals surface area (Å²) in [6.07, 6.45) is 0. The molecule has 0 unspecified atom stereocenters. The lowest BCUT2D eigenvalue weighted by molar-refractivity contribution is 0.270. The van der Waals surface area contributed by atoms with Crippen molar-refractivity contribution in [2.45, 2.75) is 20.0 Å². The zero-order valence-electron chi connectivity index (χ0n) is 9.77. The second-order valence-corrected chi connectivity index (χ2v) is 5.25. The second-order valence-electron chi connectivity index (χ2n) is 3.83. The van der Waals surface area contributed by atoms with Crippen LogP contribution in [-0.4, -0.2) is 16.4 Å². The first-order valence-corrected chi connectivity index (χ1v) is 6.90. The molecular formula is C13H15ClN2S. The lowest BCUT2D eigenvalue weighted by Gasteiger charge is -2.19. The number of aromatic nitrogens is 1. The van der Waals surface area contributed by atoms with Crippen LogP contribution in [0.5, 0.6) is 0 Å². The normalized spacial score (nSPS) is 11.0. The Morgan fingerprint density at radius 1 is 1.24 bits per heavy atom. The summed E-state index contributed by atoms with van der Waals surface area (Å²) in [4.78, 5) is 8.05. The molecule has 17 heavy (non-hydrogen) atoms. The maximum Gasteiger partial charge on any atom is 0.129 e. The van der Waals surface area contributed by atoms with Gasteiger partial charge in [-0.25, -0.2) is 4.98 Å². The van der Waals surface area contributed by atoms with Crippen molar-refractivity contribution in [2.24, 2.45) is 0 Å². The van der Waals surface area contributed by atoms with Gasteiger partial charge >= 0.3 is 0 Å². The molecule has 0 saturated carbocycles. The fourth-order valence-corrected chi connectivity index (χ4v) is 2.60. The molecule has 2 rings (SSSR count). The van der Waals surface area contributed by atoms with Gasteiger partial charge in [-0.1, -0.05) is 30.7 Å². The van der Waals surface area contributed by atoms with Crippen molar-refractivity contribution in [2.75, 3.05) is 6.54 Å². The Labute approximate surface area is 111 Å². The molecule has 0 aliphatic heterocycles. The smallest absolute Gasteiger partial charge is 0.129 e. The molecule has 0 aromatic carbocycles. The Hall–Kier alpha value is -0.900. The van der Waals surface area contributed by atoms with Crippen molar-refractivity contribution in [1.82, 2.24) is 9.88 Å². The molecule has 0 atom stereocenters. The lowest BCUT2D eigenvalue weighted by Crippen LogP contribution is -2.22. The van der Waals surface area contributed by atoms with Crippen molar-refractivity contribution in [3.8, 4) is 0 Å². The molecule has 0 bridgehead atoms. The van der Waals surface area contributed by atoms with Crippen LogP contribution in [0.4, 0.5) is 0 Å². The quantitative estimate of drug-likeness (QED) is 0.765. The Kier molecular flexibility index (Phi) is 4.54. The van der Waals surface area contributed by atoms with Gasteiger partial charge in [-0.05, 0) is 30.1 Å². The molecule has 0 aliphatic carbocycles. The molecule has 2 aromatic rings. The van der Waals surface area contributed by atoms with Crippen molar-refractivity contribution in [1.29, 1.82) is 0 Å². The van der Waals surface area contributed by atoms with Crippen LogP contribution >= 0.6 is 22.9 Å². The molecule has 2 nitrogen and oxygen atoms in total. The Balaban J connectivity index is 2.00. The number of nitrogens with zero attached hydrogens (tertiary/aromatic N) is 2. The molecule has 0 N–H and O–H groups in total. The summed E-state index contributed by atoms with van der Waals surface area (Å²) in [6.45, 7) is 4.99. The fourth-order valence-electron chi connectivity index (χ4n) is 1.67. The largest absolute Gasteiger partial charge is 0.293 e. The maximum absolute atomic E-state index is 5.89. The van der Waals surface area contributed by atoms with Crippen LogP contribution in [0.1, 0.15) is 17.5 Å². The molecule has 0 spiro atoms. The second kappa shape index (κ2) is 6.15. The van der Waals surface area contributed by atoms with Gasteiger partial charge in [0.05, 0.1) is 5.69 Å². The fraction of sp³-hybridized carbons (Fsp3) is 0.308. The summed E-state index contributed by atoms with van der Waals surface area (Å²) in [6, 6.07) is 10.0. The topological polar surface area (TPSA) is 16.1 Å². The van der Waals surface area contributed by atoms with Crippen LogP contribution in [-0.2, 0) is 13.1 Å². The van der Waals surface area contributed by atoms with Crippen LogP contribution in [0.15, 0.2) is 35.7 Å². The van der Waals surface area contributed by atoms with Gasteiger partial charge in [-0.2, -0.15) is 0 Å². The minimum atomic E-state index is 0.565. The summed E-state index contributed by atoms with van der Waals surface area (Å²) >= 11 is 7.68. The monoisotopic (exact) mass is 266 g/mol. The van der Waals surface area contributed by atoms with Crippen molar-refractivity contribution in [3.63, 3.8) is 0 Å². The Bertz CT molecular complexity index is 456. The van der Waals surface area contributed by atoms with Gasteiger partial charge in [0.2, 0.25) is 0 Å². The molecule has 0 radical (unpaired) electrons. The summed E-state index contributed by atoms with van der Waals surface area (Å²) < 4.78 is 0. The molecule has 4 heteroatoms. The third-order valence-electron chi connectivity index (χ3n) is 2.57. The van der Waals surface area contributed by atoms with Gasteiger partial charge in [0.1, 0.15) is 5.15 Å². The van der Waals surface area contributed by atoms with E-state index in [0.29, 0.717) is 5.15 Å². The van der Waals surface area contributed by atoms with Crippen LogP contribution in [0, 0.1) is 0 Å². The Morgan fingerprint density at radius 2 is 2.12 bits per heavy atom. The minimum absolute atomic E-state index is 0.565. The van der Waals surface area contributed by atoms with E-state index in [2.05, 4.69) is 34.3 Å². The third-order valence-corrected chi connectivity index (χ3v) is 3.64. The van der Waals surface area contributed by atoms with E-state index in [9.17, 15) is 0 Å². The molecule has 90 valence electrons. The van der Waals surface area contributed by atoms with Crippen molar-refractivity contribution < 1.29 is 0 Å². The highest BCUT2D eigenvalue weighted by atomic mass is 35.5. The highest BCUT2D eigenvalue weighted by molar-refractivity contribution is 7.09. The first kappa shape index (κ1) is 12.6. The van der Waals surface area contributed by atoms with Gasteiger partial charge < -0.3 is 0 Å². The summed E-state index contributed by atoms with van der Waals surface area (Å²) in [5.41, 5.74) is 1.02. The molecular weight excluding hydrogens is 252 g/mol. The van der Waals surface area contributed by atoms with Crippen LogP contribution in [0.25, 0.3) is 0 Å². The number of hydrogen-bond acceptors (Lipinski definition) is 3. The van der Waals surface area contributed by atoms with Gasteiger partial charge in [-0.3, -0.25) is 4.90 Å². The lowest BCUT2D eigenvalue weighted by atomic mass is 10.3. The highest BCUT2D eigenvalue weighted by Crippen LogP contribution is 2.14. The number of halogens is 1. The van der Waals surface area contributed by atoms with E-state index in [1.54, 1.807) is 17.4 Å². The van der Waals surface area contributed by atoms with E-state index in [1.807, 2.05) is 12.1 Å². The molecule has 2 aromatic heterocycles. The van der Waals surface area contributed by atoms with Crippen LogP contribution < -0.4 is 0 Å². The first-order valence-electron chi connectivity index (χ1n) is 5.64. The highest BCUT2D eigenvalue weighted by Gasteiger charge is 2.06. The van der Waals surface area contributed by atoms with Gasteiger partial charge in [0.15, 0.2) is 0 Å². The van der Waals surface area contributed by atoms with Crippen LogP contribution in [0.2, 0.25) is 5.15 Å². The molecule has 0 amide bonds. The minimum Gasteiger partial charge on any atom is -0.293 e. The molecule has 0 saturated heterocycles. The molecule has 2 heterocycles. The van der Waals surface area contributed by atoms with Gasteiger partial charge in [-0.15, -0.1) is 11.3 Å². The third kappa shape index (κ3) is 3.80. The zero-order valence-corrected chi connectivity index (χ0v) is 11.3. The number of hydrogen-bond donors (Lipinski definition) is 0. The SMILES string of the molecule is CCN(Cc1cccc(Cl)n1)Cc1cccs1. The molecule has 0 fully saturated rings. The average molecular weight is 267 g/mol. The average Bonchev–Trinajstić information content (AvgIpc) is 2.81. The first-order chi connectivity index (χ1) is 8.28. The number of rotatable bonds is 5. The summed E-state index contributed by atoms with van der Waals surface area (Å²) in [7, 11) is 0. The number of pyridine rings is 1. The number of thiophene rings is 1. The maximum atomic E-state index is 5.89.